The third-order valence-corrected chi connectivity index (χ3v) is 6.33. The van der Waals surface area contributed by atoms with Gasteiger partial charge in [-0.25, -0.2) is 4.98 Å². The van der Waals surface area contributed by atoms with Gasteiger partial charge in [0.25, 0.3) is 5.56 Å². The van der Waals surface area contributed by atoms with Gasteiger partial charge in [-0.05, 0) is 24.1 Å². The van der Waals surface area contributed by atoms with E-state index in [1.165, 1.54) is 11.3 Å². The number of H-pyrrole nitrogens is 1. The van der Waals surface area contributed by atoms with Crippen molar-refractivity contribution in [3.05, 3.63) is 70.0 Å². The lowest BCUT2D eigenvalue weighted by Gasteiger charge is -2.24. The zero-order valence-corrected chi connectivity index (χ0v) is 21.0. The minimum Gasteiger partial charge on any atom is -0.496 e. The number of benzene rings is 1. The monoisotopic (exact) mass is 497 g/mol. The van der Waals surface area contributed by atoms with Crippen molar-refractivity contribution in [1.82, 2.24) is 14.9 Å². The second-order valence-electron chi connectivity index (χ2n) is 8.88. The SMILES string of the molecule is COc1ccccc1-c1csc2nc(CN(Cc3ccco3)CC(O)COCC(C)C)[nH]c(=O)c12. The van der Waals surface area contributed by atoms with Crippen molar-refractivity contribution < 1.29 is 19.0 Å². The molecule has 0 radical (unpaired) electrons. The molecular weight excluding hydrogens is 466 g/mol. The van der Waals surface area contributed by atoms with Crippen LogP contribution < -0.4 is 10.3 Å². The first-order valence-electron chi connectivity index (χ1n) is 11.6. The number of aromatic amines is 1. The van der Waals surface area contributed by atoms with Crippen LogP contribution in [0.1, 0.15) is 25.4 Å². The lowest BCUT2D eigenvalue weighted by atomic mass is 10.1. The van der Waals surface area contributed by atoms with Gasteiger partial charge in [0.2, 0.25) is 0 Å². The Hall–Kier alpha value is -2.98. The molecule has 0 aliphatic carbocycles. The van der Waals surface area contributed by atoms with Gasteiger partial charge < -0.3 is 24.0 Å². The Labute approximate surface area is 208 Å². The predicted octanol–water partition coefficient (Wildman–Crippen LogP) is 4.29. The molecule has 4 aromatic rings. The fraction of sp³-hybridized carbons (Fsp3) is 0.385. The summed E-state index contributed by atoms with van der Waals surface area (Å²) in [5, 5.41) is 13.0. The zero-order valence-electron chi connectivity index (χ0n) is 20.2. The van der Waals surface area contributed by atoms with Crippen LogP contribution >= 0.6 is 11.3 Å². The molecule has 3 heterocycles. The molecule has 4 rings (SSSR count). The van der Waals surface area contributed by atoms with Crippen molar-refractivity contribution in [2.75, 3.05) is 26.9 Å². The van der Waals surface area contributed by atoms with Gasteiger partial charge in [-0.1, -0.05) is 32.0 Å². The number of fused-ring (bicyclic) bond motifs is 1. The third kappa shape index (κ3) is 6.37. The molecular formula is C26H31N3O5S. The number of hydrogen-bond donors (Lipinski definition) is 2. The number of nitrogens with zero attached hydrogens (tertiary/aromatic N) is 2. The summed E-state index contributed by atoms with van der Waals surface area (Å²) in [6.07, 6.45) is 0.936. The van der Waals surface area contributed by atoms with Crippen LogP contribution in [0, 0.1) is 5.92 Å². The first kappa shape index (κ1) is 25.1. The number of aromatic nitrogens is 2. The highest BCUT2D eigenvalue weighted by Gasteiger charge is 2.19. The molecule has 0 amide bonds. The fourth-order valence-corrected chi connectivity index (χ4v) is 4.90. The zero-order chi connectivity index (χ0) is 24.8. The summed E-state index contributed by atoms with van der Waals surface area (Å²) >= 11 is 1.42. The predicted molar refractivity (Wildman–Crippen MR) is 137 cm³/mol. The molecule has 0 saturated heterocycles. The van der Waals surface area contributed by atoms with Crippen molar-refractivity contribution in [3.63, 3.8) is 0 Å². The second-order valence-corrected chi connectivity index (χ2v) is 9.73. The number of aliphatic hydroxyl groups excluding tert-OH is 1. The van der Waals surface area contributed by atoms with Crippen LogP contribution in [0.3, 0.4) is 0 Å². The Morgan fingerprint density at radius 3 is 2.71 bits per heavy atom. The molecule has 0 aliphatic rings. The first-order valence-corrected chi connectivity index (χ1v) is 12.5. The van der Waals surface area contributed by atoms with Gasteiger partial charge in [-0.2, -0.15) is 0 Å². The number of furan rings is 1. The summed E-state index contributed by atoms with van der Waals surface area (Å²) in [6.45, 7) is 6.12. The highest BCUT2D eigenvalue weighted by molar-refractivity contribution is 7.17. The maximum atomic E-state index is 13.1. The number of thiophene rings is 1. The lowest BCUT2D eigenvalue weighted by Crippen LogP contribution is -2.35. The molecule has 0 aliphatic heterocycles. The number of ether oxygens (including phenoxy) is 2. The highest BCUT2D eigenvalue weighted by atomic mass is 32.1. The smallest absolute Gasteiger partial charge is 0.260 e. The van der Waals surface area contributed by atoms with Crippen LogP contribution in [0.4, 0.5) is 0 Å². The quantitative estimate of drug-likeness (QED) is 0.301. The maximum Gasteiger partial charge on any atom is 0.260 e. The van der Waals surface area contributed by atoms with Crippen LogP contribution in [-0.4, -0.2) is 52.9 Å². The van der Waals surface area contributed by atoms with Gasteiger partial charge in [0.05, 0.1) is 44.6 Å². The van der Waals surface area contributed by atoms with E-state index in [1.807, 2.05) is 46.7 Å². The average Bonchev–Trinajstić information content (AvgIpc) is 3.49. The number of rotatable bonds is 12. The van der Waals surface area contributed by atoms with Crippen molar-refractivity contribution in [3.8, 4) is 16.9 Å². The van der Waals surface area contributed by atoms with Gasteiger partial charge in [0.15, 0.2) is 0 Å². The molecule has 8 nitrogen and oxygen atoms in total. The molecule has 9 heteroatoms. The van der Waals surface area contributed by atoms with E-state index in [9.17, 15) is 9.90 Å². The van der Waals surface area contributed by atoms with E-state index in [1.54, 1.807) is 13.4 Å². The molecule has 0 spiro atoms. The van der Waals surface area contributed by atoms with Crippen molar-refractivity contribution in [2.24, 2.45) is 5.92 Å². The van der Waals surface area contributed by atoms with Crippen molar-refractivity contribution >= 4 is 21.6 Å². The number of para-hydroxylation sites is 1. The Kier molecular flexibility index (Phi) is 8.35. The van der Waals surface area contributed by atoms with E-state index in [-0.39, 0.29) is 12.2 Å². The average molecular weight is 498 g/mol. The Morgan fingerprint density at radius 1 is 1.14 bits per heavy atom. The number of nitrogens with one attached hydrogen (secondary N) is 1. The molecule has 186 valence electrons. The summed E-state index contributed by atoms with van der Waals surface area (Å²) in [4.78, 5) is 23.5. The van der Waals surface area contributed by atoms with Gasteiger partial charge in [-0.3, -0.25) is 9.69 Å². The molecule has 1 aromatic carbocycles. The van der Waals surface area contributed by atoms with E-state index in [0.717, 1.165) is 16.9 Å². The number of hydrogen-bond acceptors (Lipinski definition) is 8. The summed E-state index contributed by atoms with van der Waals surface area (Å²) < 4.78 is 16.6. The van der Waals surface area contributed by atoms with Gasteiger partial charge >= 0.3 is 0 Å². The molecule has 35 heavy (non-hydrogen) atoms. The van der Waals surface area contributed by atoms with Crippen LogP contribution in [-0.2, 0) is 17.8 Å². The van der Waals surface area contributed by atoms with E-state index in [4.69, 9.17) is 18.9 Å². The van der Waals surface area contributed by atoms with E-state index < -0.39 is 6.10 Å². The summed E-state index contributed by atoms with van der Waals surface area (Å²) in [7, 11) is 1.61. The van der Waals surface area contributed by atoms with E-state index in [0.29, 0.717) is 53.9 Å². The Balaban J connectivity index is 1.57. The van der Waals surface area contributed by atoms with Gasteiger partial charge in [0, 0.05) is 29.7 Å². The van der Waals surface area contributed by atoms with Crippen LogP contribution in [0.15, 0.2) is 57.3 Å². The molecule has 3 aromatic heterocycles. The summed E-state index contributed by atoms with van der Waals surface area (Å²) in [6, 6.07) is 11.3. The first-order chi connectivity index (χ1) is 16.9. The fourth-order valence-electron chi connectivity index (χ4n) is 3.94. The van der Waals surface area contributed by atoms with Crippen LogP contribution in [0.25, 0.3) is 21.3 Å². The molecule has 2 N–H and O–H groups in total. The van der Waals surface area contributed by atoms with Crippen molar-refractivity contribution in [2.45, 2.75) is 33.0 Å². The van der Waals surface area contributed by atoms with Crippen molar-refractivity contribution in [1.29, 1.82) is 0 Å². The molecule has 1 atom stereocenters. The number of aliphatic hydroxyl groups is 1. The van der Waals surface area contributed by atoms with Gasteiger partial charge in [0.1, 0.15) is 22.2 Å². The Morgan fingerprint density at radius 2 is 1.97 bits per heavy atom. The van der Waals surface area contributed by atoms with Crippen LogP contribution in [0.5, 0.6) is 5.75 Å². The van der Waals surface area contributed by atoms with E-state index in [2.05, 4.69) is 18.8 Å². The number of methoxy groups -OCH3 is 1. The minimum atomic E-state index is -0.682. The van der Waals surface area contributed by atoms with Gasteiger partial charge in [-0.15, -0.1) is 11.3 Å². The second kappa shape index (κ2) is 11.6. The highest BCUT2D eigenvalue weighted by Crippen LogP contribution is 2.36. The molecule has 1 unspecified atom stereocenters. The normalized spacial score (nSPS) is 12.6. The third-order valence-electron chi connectivity index (χ3n) is 5.45. The maximum absolute atomic E-state index is 13.1. The van der Waals surface area contributed by atoms with E-state index >= 15 is 0 Å². The lowest BCUT2D eigenvalue weighted by molar-refractivity contribution is 0.00421. The molecule has 0 saturated carbocycles. The standard InChI is InChI=1S/C26H31N3O5S/c1-17(2)14-33-15-18(30)11-29(12-19-7-6-10-34-19)13-23-27-25(31)24-21(16-35-26(24)28-23)20-8-4-5-9-22(20)32-3/h4-10,16-18,30H,11-15H2,1-3H3,(H,27,28,31). The Bertz CT molecular complexity index is 1280. The summed E-state index contributed by atoms with van der Waals surface area (Å²) in [5.74, 6) is 2.39. The van der Waals surface area contributed by atoms with Crippen LogP contribution in [0.2, 0.25) is 0 Å². The molecule has 0 fully saturated rings. The summed E-state index contributed by atoms with van der Waals surface area (Å²) in [5.41, 5.74) is 1.45. The molecule has 0 bridgehead atoms. The minimum absolute atomic E-state index is 0.203. The topological polar surface area (TPSA) is 101 Å². The largest absolute Gasteiger partial charge is 0.496 e.